The molecule has 0 aliphatic carbocycles. The van der Waals surface area contributed by atoms with Gasteiger partial charge in [-0.3, -0.25) is 4.79 Å². The summed E-state index contributed by atoms with van der Waals surface area (Å²) in [5, 5.41) is 2.64. The number of amides is 1. The molecule has 1 unspecified atom stereocenters. The van der Waals surface area contributed by atoms with Crippen LogP contribution in [0.25, 0.3) is 0 Å². The van der Waals surface area contributed by atoms with Crippen LogP contribution in [-0.2, 0) is 4.74 Å². The summed E-state index contributed by atoms with van der Waals surface area (Å²) >= 11 is 0. The van der Waals surface area contributed by atoms with Gasteiger partial charge in [-0.05, 0) is 38.5 Å². The average Bonchev–Trinajstić information content (AvgIpc) is 2.26. The number of nitrogens with one attached hydrogen (secondary N) is 1. The molecule has 1 atom stereocenters. The predicted molar refractivity (Wildman–Crippen MR) is 64.6 cm³/mol. The Hall–Kier alpha value is -1.42. The summed E-state index contributed by atoms with van der Waals surface area (Å²) in [4.78, 5) is 11.7. The maximum atomic E-state index is 13.5. The Kier molecular flexibility index (Phi) is 5.10. The summed E-state index contributed by atoms with van der Waals surface area (Å²) in [6.07, 6.45) is -0.0718. The van der Waals surface area contributed by atoms with Gasteiger partial charge in [-0.1, -0.05) is 6.07 Å². The fourth-order valence-electron chi connectivity index (χ4n) is 1.48. The van der Waals surface area contributed by atoms with Crippen LogP contribution in [0.3, 0.4) is 0 Å². The van der Waals surface area contributed by atoms with E-state index in [2.05, 4.69) is 5.32 Å². The van der Waals surface area contributed by atoms with Gasteiger partial charge in [0.05, 0.1) is 11.7 Å². The Bertz CT molecular complexity index is 393. The van der Waals surface area contributed by atoms with Crippen molar-refractivity contribution in [1.29, 1.82) is 0 Å². The lowest BCUT2D eigenvalue weighted by Crippen LogP contribution is -2.32. The van der Waals surface area contributed by atoms with Crippen molar-refractivity contribution in [1.82, 2.24) is 5.32 Å². The van der Waals surface area contributed by atoms with E-state index >= 15 is 0 Å². The largest absolute Gasteiger partial charge is 0.377 e. The molecule has 0 aliphatic rings. The van der Waals surface area contributed by atoms with Crippen LogP contribution >= 0.6 is 0 Å². The molecule has 17 heavy (non-hydrogen) atoms. The molecule has 1 aromatic rings. The van der Waals surface area contributed by atoms with E-state index in [1.165, 1.54) is 12.1 Å². The maximum Gasteiger partial charge on any atom is 0.254 e. The second-order valence-corrected chi connectivity index (χ2v) is 3.96. The lowest BCUT2D eigenvalue weighted by atomic mass is 10.1. The fourth-order valence-corrected chi connectivity index (χ4v) is 1.48. The molecule has 1 rings (SSSR count). The molecule has 0 fully saturated rings. The second kappa shape index (κ2) is 6.35. The highest BCUT2D eigenvalue weighted by Crippen LogP contribution is 2.09. The number of carbonyl (C=O) groups is 1. The molecule has 0 radical (unpaired) electrons. The molecule has 0 spiro atoms. The molecule has 0 heterocycles. The Morgan fingerprint density at radius 1 is 1.53 bits per heavy atom. The average molecular weight is 239 g/mol. The smallest absolute Gasteiger partial charge is 0.254 e. The SMILES string of the molecule is CCOC(C)CNC(=O)c1ccc(C)cc1F. The van der Waals surface area contributed by atoms with Gasteiger partial charge in [-0.15, -0.1) is 0 Å². The second-order valence-electron chi connectivity index (χ2n) is 3.96. The fraction of sp³-hybridized carbons (Fsp3) is 0.462. The molecule has 4 heteroatoms. The molecule has 0 aromatic heterocycles. The first kappa shape index (κ1) is 13.6. The molecule has 1 aromatic carbocycles. The van der Waals surface area contributed by atoms with Gasteiger partial charge in [-0.25, -0.2) is 4.39 Å². The highest BCUT2D eigenvalue weighted by atomic mass is 19.1. The molecule has 0 saturated heterocycles. The van der Waals surface area contributed by atoms with Crippen molar-refractivity contribution in [2.45, 2.75) is 26.9 Å². The Balaban J connectivity index is 2.58. The van der Waals surface area contributed by atoms with Crippen LogP contribution < -0.4 is 5.32 Å². The van der Waals surface area contributed by atoms with E-state index in [1.54, 1.807) is 13.0 Å². The lowest BCUT2D eigenvalue weighted by Gasteiger charge is -2.12. The summed E-state index contributed by atoms with van der Waals surface area (Å²) < 4.78 is 18.8. The van der Waals surface area contributed by atoms with Gasteiger partial charge in [-0.2, -0.15) is 0 Å². The number of carbonyl (C=O) groups excluding carboxylic acids is 1. The third-order valence-corrected chi connectivity index (χ3v) is 2.37. The molecule has 0 bridgehead atoms. The number of halogens is 1. The van der Waals surface area contributed by atoms with E-state index in [0.717, 1.165) is 5.56 Å². The minimum Gasteiger partial charge on any atom is -0.377 e. The van der Waals surface area contributed by atoms with Crippen LogP contribution in [-0.4, -0.2) is 25.2 Å². The minimum absolute atomic E-state index is 0.0688. The van der Waals surface area contributed by atoms with Crippen molar-refractivity contribution >= 4 is 5.91 Å². The number of aryl methyl sites for hydroxylation is 1. The highest BCUT2D eigenvalue weighted by molar-refractivity contribution is 5.94. The zero-order valence-electron chi connectivity index (χ0n) is 10.4. The zero-order valence-corrected chi connectivity index (χ0v) is 10.4. The number of hydrogen-bond acceptors (Lipinski definition) is 2. The molecule has 0 saturated carbocycles. The van der Waals surface area contributed by atoms with E-state index in [9.17, 15) is 9.18 Å². The summed E-state index contributed by atoms with van der Waals surface area (Å²) in [7, 11) is 0. The number of ether oxygens (including phenoxy) is 1. The number of benzene rings is 1. The van der Waals surface area contributed by atoms with Crippen molar-refractivity contribution in [2.75, 3.05) is 13.2 Å². The topological polar surface area (TPSA) is 38.3 Å². The van der Waals surface area contributed by atoms with Gasteiger partial charge in [0.15, 0.2) is 0 Å². The lowest BCUT2D eigenvalue weighted by molar-refractivity contribution is 0.0693. The predicted octanol–water partition coefficient (Wildman–Crippen LogP) is 2.29. The molecule has 1 amide bonds. The van der Waals surface area contributed by atoms with Crippen LogP contribution in [0.2, 0.25) is 0 Å². The molecular formula is C13H18FNO2. The third-order valence-electron chi connectivity index (χ3n) is 2.37. The van der Waals surface area contributed by atoms with Crippen LogP contribution in [0.15, 0.2) is 18.2 Å². The van der Waals surface area contributed by atoms with E-state index in [4.69, 9.17) is 4.74 Å². The van der Waals surface area contributed by atoms with Crippen molar-refractivity contribution in [3.63, 3.8) is 0 Å². The number of rotatable bonds is 5. The molecular weight excluding hydrogens is 221 g/mol. The van der Waals surface area contributed by atoms with Crippen LogP contribution in [0, 0.1) is 12.7 Å². The Morgan fingerprint density at radius 2 is 2.24 bits per heavy atom. The maximum absolute atomic E-state index is 13.5. The van der Waals surface area contributed by atoms with Crippen molar-refractivity contribution in [2.24, 2.45) is 0 Å². The van der Waals surface area contributed by atoms with Crippen molar-refractivity contribution < 1.29 is 13.9 Å². The van der Waals surface area contributed by atoms with Crippen molar-refractivity contribution in [3.05, 3.63) is 35.1 Å². The standard InChI is InChI=1S/C13H18FNO2/c1-4-17-10(3)8-15-13(16)11-6-5-9(2)7-12(11)14/h5-7,10H,4,8H2,1-3H3,(H,15,16). The van der Waals surface area contributed by atoms with Gasteiger partial charge >= 0.3 is 0 Å². The first-order valence-electron chi connectivity index (χ1n) is 5.70. The minimum atomic E-state index is -0.494. The van der Waals surface area contributed by atoms with Gasteiger partial charge < -0.3 is 10.1 Å². The monoisotopic (exact) mass is 239 g/mol. The van der Waals surface area contributed by atoms with E-state index in [0.29, 0.717) is 13.2 Å². The first-order valence-corrected chi connectivity index (χ1v) is 5.70. The Labute approximate surface area is 101 Å². The normalized spacial score (nSPS) is 12.2. The molecule has 0 aliphatic heterocycles. The van der Waals surface area contributed by atoms with Crippen molar-refractivity contribution in [3.8, 4) is 0 Å². The quantitative estimate of drug-likeness (QED) is 0.856. The molecule has 94 valence electrons. The van der Waals surface area contributed by atoms with Crippen LogP contribution in [0.1, 0.15) is 29.8 Å². The van der Waals surface area contributed by atoms with E-state index in [-0.39, 0.29) is 11.7 Å². The Morgan fingerprint density at radius 3 is 2.82 bits per heavy atom. The van der Waals surface area contributed by atoms with Crippen LogP contribution in [0.5, 0.6) is 0 Å². The summed E-state index contributed by atoms with van der Waals surface area (Å²) in [5.74, 6) is -0.902. The van der Waals surface area contributed by atoms with E-state index in [1.807, 2.05) is 13.8 Å². The zero-order chi connectivity index (χ0) is 12.8. The first-order chi connectivity index (χ1) is 8.04. The number of hydrogen-bond donors (Lipinski definition) is 1. The highest BCUT2D eigenvalue weighted by Gasteiger charge is 2.12. The van der Waals surface area contributed by atoms with Gasteiger partial charge in [0.25, 0.3) is 5.91 Å². The summed E-state index contributed by atoms with van der Waals surface area (Å²) in [6, 6.07) is 4.55. The van der Waals surface area contributed by atoms with E-state index < -0.39 is 11.7 Å². The van der Waals surface area contributed by atoms with Gasteiger partial charge in [0.1, 0.15) is 5.82 Å². The van der Waals surface area contributed by atoms with Gasteiger partial charge in [0, 0.05) is 13.2 Å². The molecule has 3 nitrogen and oxygen atoms in total. The van der Waals surface area contributed by atoms with Crippen LogP contribution in [0.4, 0.5) is 4.39 Å². The summed E-state index contributed by atoms with van der Waals surface area (Å²) in [5.41, 5.74) is 0.862. The summed E-state index contributed by atoms with van der Waals surface area (Å²) in [6.45, 7) is 6.49. The molecule has 1 N–H and O–H groups in total. The van der Waals surface area contributed by atoms with Gasteiger partial charge in [0.2, 0.25) is 0 Å². The third kappa shape index (κ3) is 4.15.